The van der Waals surface area contributed by atoms with E-state index in [4.69, 9.17) is 10.2 Å². The van der Waals surface area contributed by atoms with Gasteiger partial charge in [-0.1, -0.05) is 24.0 Å². The molecule has 0 spiro atoms. The van der Waals surface area contributed by atoms with E-state index in [9.17, 15) is 19.5 Å². The SMILES string of the molecule is C[C@@H](O)[C@H](NC(=O)c1ccc(C#Cc2ccc(CC(=O)O)cc2)cc1)C(=O)CO. The maximum Gasteiger partial charge on any atom is 0.307 e. The largest absolute Gasteiger partial charge is 0.481 e. The lowest BCUT2D eigenvalue weighted by molar-refractivity contribution is -0.136. The smallest absolute Gasteiger partial charge is 0.307 e. The van der Waals surface area contributed by atoms with E-state index in [-0.39, 0.29) is 12.0 Å². The second-order valence-electron chi connectivity index (χ2n) is 6.41. The van der Waals surface area contributed by atoms with Crippen LogP contribution in [0.15, 0.2) is 48.5 Å². The zero-order valence-electron chi connectivity index (χ0n) is 15.8. The Hall–Kier alpha value is -3.47. The third kappa shape index (κ3) is 6.57. The standard InChI is InChI=1S/C22H21NO6/c1-14(25)21(19(26)13-24)23-22(29)18-10-8-16(9-11-18)3-2-15-4-6-17(7-5-15)12-20(27)28/h4-11,14,21,24-25H,12-13H2,1H3,(H,23,29)(H,27,28)/t14-,21+/m1/s1. The molecule has 0 unspecified atom stereocenters. The number of hydrogen-bond acceptors (Lipinski definition) is 5. The van der Waals surface area contributed by atoms with E-state index in [2.05, 4.69) is 17.2 Å². The number of Topliss-reactive ketones (excluding diaryl/α,β-unsaturated/α-hetero) is 1. The minimum Gasteiger partial charge on any atom is -0.481 e. The molecule has 0 aliphatic carbocycles. The van der Waals surface area contributed by atoms with Gasteiger partial charge in [0.05, 0.1) is 12.5 Å². The molecule has 2 atom stereocenters. The average Bonchev–Trinajstić information content (AvgIpc) is 2.70. The minimum absolute atomic E-state index is 0.0446. The summed E-state index contributed by atoms with van der Waals surface area (Å²) in [6, 6.07) is 12.1. The monoisotopic (exact) mass is 395 g/mol. The molecule has 0 radical (unpaired) electrons. The van der Waals surface area contributed by atoms with Gasteiger partial charge in [0.15, 0.2) is 5.78 Å². The van der Waals surface area contributed by atoms with Crippen LogP contribution < -0.4 is 5.32 Å². The molecule has 2 aromatic carbocycles. The van der Waals surface area contributed by atoms with Crippen molar-refractivity contribution in [3.63, 3.8) is 0 Å². The zero-order valence-corrected chi connectivity index (χ0v) is 15.8. The van der Waals surface area contributed by atoms with Gasteiger partial charge in [0, 0.05) is 16.7 Å². The summed E-state index contributed by atoms with van der Waals surface area (Å²) in [5.74, 6) is 3.78. The lowest BCUT2D eigenvalue weighted by atomic mass is 10.1. The number of benzene rings is 2. The number of carbonyl (C=O) groups is 3. The summed E-state index contributed by atoms with van der Waals surface area (Å²) in [4.78, 5) is 34.5. The summed E-state index contributed by atoms with van der Waals surface area (Å²) in [7, 11) is 0. The number of aliphatic carboxylic acids is 1. The first-order chi connectivity index (χ1) is 13.8. The lowest BCUT2D eigenvalue weighted by Gasteiger charge is -2.19. The molecule has 29 heavy (non-hydrogen) atoms. The Kier molecular flexibility index (Phi) is 7.66. The highest BCUT2D eigenvalue weighted by atomic mass is 16.4. The van der Waals surface area contributed by atoms with Gasteiger partial charge in [0.1, 0.15) is 12.6 Å². The third-order valence-electron chi connectivity index (χ3n) is 4.08. The maximum absolute atomic E-state index is 12.2. The molecule has 0 aliphatic rings. The van der Waals surface area contributed by atoms with Gasteiger partial charge in [-0.2, -0.15) is 0 Å². The van der Waals surface area contributed by atoms with Crippen molar-refractivity contribution < 1.29 is 29.7 Å². The van der Waals surface area contributed by atoms with Gasteiger partial charge in [-0.05, 0) is 48.9 Å². The fourth-order valence-corrected chi connectivity index (χ4v) is 2.52. The van der Waals surface area contributed by atoms with Gasteiger partial charge in [-0.3, -0.25) is 14.4 Å². The molecule has 0 aromatic heterocycles. The van der Waals surface area contributed by atoms with Crippen LogP contribution in [0.3, 0.4) is 0 Å². The van der Waals surface area contributed by atoms with E-state index in [1.165, 1.54) is 19.1 Å². The highest BCUT2D eigenvalue weighted by Gasteiger charge is 2.25. The number of nitrogens with one attached hydrogen (secondary N) is 1. The summed E-state index contributed by atoms with van der Waals surface area (Å²) in [5, 5.41) is 29.7. The summed E-state index contributed by atoms with van der Waals surface area (Å²) in [5.41, 5.74) is 2.36. The molecule has 0 saturated carbocycles. The topological polar surface area (TPSA) is 124 Å². The fraction of sp³-hybridized carbons (Fsp3) is 0.227. The average molecular weight is 395 g/mol. The van der Waals surface area contributed by atoms with E-state index < -0.39 is 36.4 Å². The summed E-state index contributed by atoms with van der Waals surface area (Å²) in [6.45, 7) is 0.576. The molecule has 0 bridgehead atoms. The van der Waals surface area contributed by atoms with Crippen molar-refractivity contribution in [1.29, 1.82) is 0 Å². The second kappa shape index (κ2) is 10.2. The summed E-state index contributed by atoms with van der Waals surface area (Å²) >= 11 is 0. The number of aliphatic hydroxyl groups excluding tert-OH is 2. The number of ketones is 1. The first kappa shape index (κ1) is 21.8. The number of amides is 1. The number of carboxylic acid groups (broad SMARTS) is 1. The van der Waals surface area contributed by atoms with Gasteiger partial charge in [-0.25, -0.2) is 0 Å². The molecule has 0 heterocycles. The molecule has 2 rings (SSSR count). The van der Waals surface area contributed by atoms with Crippen molar-refractivity contribution in [3.05, 3.63) is 70.8 Å². The van der Waals surface area contributed by atoms with Crippen molar-refractivity contribution in [2.75, 3.05) is 6.61 Å². The van der Waals surface area contributed by atoms with Crippen LogP contribution in [-0.4, -0.2) is 51.7 Å². The first-order valence-corrected chi connectivity index (χ1v) is 8.85. The molecule has 2 aromatic rings. The van der Waals surface area contributed by atoms with Gasteiger partial charge >= 0.3 is 5.97 Å². The molecular weight excluding hydrogens is 374 g/mol. The quantitative estimate of drug-likeness (QED) is 0.513. The van der Waals surface area contributed by atoms with Crippen LogP contribution in [0.5, 0.6) is 0 Å². The van der Waals surface area contributed by atoms with E-state index >= 15 is 0 Å². The van der Waals surface area contributed by atoms with Crippen molar-refractivity contribution >= 4 is 17.7 Å². The van der Waals surface area contributed by atoms with Crippen LogP contribution in [0.2, 0.25) is 0 Å². The van der Waals surface area contributed by atoms with E-state index in [0.29, 0.717) is 11.1 Å². The molecule has 0 aliphatic heterocycles. The van der Waals surface area contributed by atoms with E-state index in [0.717, 1.165) is 5.56 Å². The lowest BCUT2D eigenvalue weighted by Crippen LogP contribution is -2.48. The molecular formula is C22H21NO6. The van der Waals surface area contributed by atoms with Gasteiger partial charge in [0.2, 0.25) is 0 Å². The molecule has 150 valence electrons. The Morgan fingerprint density at radius 2 is 1.48 bits per heavy atom. The van der Waals surface area contributed by atoms with E-state index in [1.54, 1.807) is 36.4 Å². The normalized spacial score (nSPS) is 12.2. The van der Waals surface area contributed by atoms with Crippen LogP contribution in [0.4, 0.5) is 0 Å². The summed E-state index contributed by atoms with van der Waals surface area (Å²) in [6.07, 6.45) is -1.18. The molecule has 0 saturated heterocycles. The Morgan fingerprint density at radius 3 is 1.93 bits per heavy atom. The number of carbonyl (C=O) groups excluding carboxylic acids is 2. The Balaban J connectivity index is 2.05. The van der Waals surface area contributed by atoms with Crippen LogP contribution in [-0.2, 0) is 16.0 Å². The first-order valence-electron chi connectivity index (χ1n) is 8.85. The van der Waals surface area contributed by atoms with Crippen molar-refractivity contribution in [3.8, 4) is 11.8 Å². The Bertz CT molecular complexity index is 936. The van der Waals surface area contributed by atoms with Gasteiger partial charge < -0.3 is 20.6 Å². The second-order valence-corrected chi connectivity index (χ2v) is 6.41. The highest BCUT2D eigenvalue weighted by Crippen LogP contribution is 2.07. The zero-order chi connectivity index (χ0) is 21.4. The molecule has 1 amide bonds. The molecule has 7 heteroatoms. The van der Waals surface area contributed by atoms with Gasteiger partial charge in [0.25, 0.3) is 5.91 Å². The number of hydrogen-bond donors (Lipinski definition) is 4. The maximum atomic E-state index is 12.2. The highest BCUT2D eigenvalue weighted by molar-refractivity contribution is 5.98. The fourth-order valence-electron chi connectivity index (χ4n) is 2.52. The predicted octanol–water partition coefficient (Wildman–Crippen LogP) is 0.754. The van der Waals surface area contributed by atoms with Crippen LogP contribution >= 0.6 is 0 Å². The minimum atomic E-state index is -1.18. The van der Waals surface area contributed by atoms with Crippen LogP contribution in [0.25, 0.3) is 0 Å². The third-order valence-corrected chi connectivity index (χ3v) is 4.08. The number of rotatable bonds is 7. The predicted molar refractivity (Wildman–Crippen MR) is 105 cm³/mol. The van der Waals surface area contributed by atoms with Crippen LogP contribution in [0.1, 0.15) is 34.0 Å². The van der Waals surface area contributed by atoms with Crippen molar-refractivity contribution in [2.24, 2.45) is 0 Å². The van der Waals surface area contributed by atoms with Gasteiger partial charge in [-0.15, -0.1) is 0 Å². The number of aliphatic hydroxyl groups is 2. The number of carboxylic acids is 1. The summed E-state index contributed by atoms with van der Waals surface area (Å²) < 4.78 is 0. The Labute approximate surface area is 168 Å². The Morgan fingerprint density at radius 1 is 0.966 bits per heavy atom. The molecule has 4 N–H and O–H groups in total. The van der Waals surface area contributed by atoms with Crippen LogP contribution in [0, 0.1) is 11.8 Å². The molecule has 7 nitrogen and oxygen atoms in total. The molecule has 0 fully saturated rings. The van der Waals surface area contributed by atoms with Crippen molar-refractivity contribution in [1.82, 2.24) is 5.32 Å². The van der Waals surface area contributed by atoms with Crippen molar-refractivity contribution in [2.45, 2.75) is 25.5 Å². The van der Waals surface area contributed by atoms with E-state index in [1.807, 2.05) is 0 Å².